The third-order valence-corrected chi connectivity index (χ3v) is 2.74. The normalized spacial score (nSPS) is 21.7. The molecule has 1 aromatic rings. The maximum Gasteiger partial charge on any atom is 0.335 e. The minimum absolute atomic E-state index is 0.193. The standard InChI is InChI=1S/C12H11ClFNO3/c1-2-17-12(16)10-11(18-6-15-10)8-5-7(13)3-4-9(8)14/h3-6,10-11H,2H2,1H3. The summed E-state index contributed by atoms with van der Waals surface area (Å²) in [6.45, 7) is 1.92. The van der Waals surface area contributed by atoms with Crippen molar-refractivity contribution in [2.24, 2.45) is 4.99 Å². The Bertz CT molecular complexity index is 492. The maximum absolute atomic E-state index is 13.7. The molecule has 96 valence electrons. The van der Waals surface area contributed by atoms with E-state index in [-0.39, 0.29) is 12.2 Å². The Labute approximate surface area is 108 Å². The lowest BCUT2D eigenvalue weighted by Gasteiger charge is -2.17. The monoisotopic (exact) mass is 271 g/mol. The molecule has 1 aliphatic rings. The summed E-state index contributed by atoms with van der Waals surface area (Å²) in [5.41, 5.74) is 0.193. The van der Waals surface area contributed by atoms with E-state index >= 15 is 0 Å². The van der Waals surface area contributed by atoms with Crippen molar-refractivity contribution in [1.82, 2.24) is 0 Å². The van der Waals surface area contributed by atoms with Crippen LogP contribution in [0.15, 0.2) is 23.2 Å². The number of halogens is 2. The third-order valence-electron chi connectivity index (χ3n) is 2.51. The van der Waals surface area contributed by atoms with Gasteiger partial charge in [0.15, 0.2) is 18.5 Å². The van der Waals surface area contributed by atoms with E-state index in [0.29, 0.717) is 5.02 Å². The smallest absolute Gasteiger partial charge is 0.335 e. The number of hydrogen-bond donors (Lipinski definition) is 0. The van der Waals surface area contributed by atoms with Crippen LogP contribution >= 0.6 is 11.6 Å². The first-order chi connectivity index (χ1) is 8.63. The van der Waals surface area contributed by atoms with Crippen molar-refractivity contribution in [3.63, 3.8) is 0 Å². The quantitative estimate of drug-likeness (QED) is 0.794. The predicted molar refractivity (Wildman–Crippen MR) is 64.1 cm³/mol. The molecule has 0 N–H and O–H groups in total. The molecule has 1 heterocycles. The van der Waals surface area contributed by atoms with Crippen molar-refractivity contribution in [2.75, 3.05) is 6.61 Å². The molecular formula is C12H11ClFNO3. The molecule has 18 heavy (non-hydrogen) atoms. The van der Waals surface area contributed by atoms with E-state index in [0.717, 1.165) is 6.40 Å². The van der Waals surface area contributed by atoms with Crippen molar-refractivity contribution in [3.05, 3.63) is 34.6 Å². The Balaban J connectivity index is 2.27. The molecule has 0 bridgehead atoms. The first-order valence-electron chi connectivity index (χ1n) is 5.42. The van der Waals surface area contributed by atoms with Crippen LogP contribution in [-0.4, -0.2) is 25.0 Å². The van der Waals surface area contributed by atoms with Gasteiger partial charge in [-0.25, -0.2) is 14.2 Å². The lowest BCUT2D eigenvalue weighted by molar-refractivity contribution is -0.146. The van der Waals surface area contributed by atoms with E-state index < -0.39 is 23.9 Å². The van der Waals surface area contributed by atoms with Gasteiger partial charge in [0.2, 0.25) is 0 Å². The molecule has 0 fully saturated rings. The van der Waals surface area contributed by atoms with Gasteiger partial charge in [-0.05, 0) is 25.1 Å². The number of carbonyl (C=O) groups is 1. The van der Waals surface area contributed by atoms with Gasteiger partial charge in [-0.2, -0.15) is 0 Å². The van der Waals surface area contributed by atoms with Crippen LogP contribution in [-0.2, 0) is 14.3 Å². The van der Waals surface area contributed by atoms with Gasteiger partial charge in [0.1, 0.15) is 5.82 Å². The molecule has 1 aromatic carbocycles. The van der Waals surface area contributed by atoms with Crippen molar-refractivity contribution < 1.29 is 18.7 Å². The molecule has 6 heteroatoms. The number of aliphatic imine (C=N–C) groups is 1. The van der Waals surface area contributed by atoms with Crippen molar-refractivity contribution in [2.45, 2.75) is 19.1 Å². The average molecular weight is 272 g/mol. The highest BCUT2D eigenvalue weighted by molar-refractivity contribution is 6.30. The maximum atomic E-state index is 13.7. The predicted octanol–water partition coefficient (Wildman–Crippen LogP) is 2.51. The summed E-state index contributed by atoms with van der Waals surface area (Å²) < 4.78 is 23.7. The molecular weight excluding hydrogens is 261 g/mol. The van der Waals surface area contributed by atoms with E-state index in [1.54, 1.807) is 6.92 Å². The van der Waals surface area contributed by atoms with Gasteiger partial charge >= 0.3 is 5.97 Å². The Morgan fingerprint density at radius 3 is 3.11 bits per heavy atom. The molecule has 2 rings (SSSR count). The molecule has 4 nitrogen and oxygen atoms in total. The summed E-state index contributed by atoms with van der Waals surface area (Å²) in [7, 11) is 0. The van der Waals surface area contributed by atoms with Crippen LogP contribution in [0.2, 0.25) is 5.02 Å². The lowest BCUT2D eigenvalue weighted by Crippen LogP contribution is -2.26. The van der Waals surface area contributed by atoms with E-state index in [9.17, 15) is 9.18 Å². The van der Waals surface area contributed by atoms with Gasteiger partial charge < -0.3 is 9.47 Å². The molecule has 0 saturated heterocycles. The zero-order valence-corrected chi connectivity index (χ0v) is 10.4. The first-order valence-corrected chi connectivity index (χ1v) is 5.80. The molecule has 0 radical (unpaired) electrons. The summed E-state index contributed by atoms with van der Waals surface area (Å²) in [6.07, 6.45) is 0.301. The molecule has 0 spiro atoms. The highest BCUT2D eigenvalue weighted by Gasteiger charge is 2.36. The van der Waals surface area contributed by atoms with Crippen LogP contribution in [0.25, 0.3) is 0 Å². The van der Waals surface area contributed by atoms with Crippen LogP contribution in [0.5, 0.6) is 0 Å². The van der Waals surface area contributed by atoms with E-state index in [4.69, 9.17) is 21.1 Å². The van der Waals surface area contributed by atoms with Gasteiger partial charge in [-0.15, -0.1) is 0 Å². The average Bonchev–Trinajstić information content (AvgIpc) is 2.81. The Morgan fingerprint density at radius 1 is 1.61 bits per heavy atom. The second kappa shape index (κ2) is 5.35. The Hall–Kier alpha value is -1.62. The third kappa shape index (κ3) is 2.46. The molecule has 0 aromatic heterocycles. The number of carbonyl (C=O) groups excluding carboxylic acids is 1. The number of ether oxygens (including phenoxy) is 2. The van der Waals surface area contributed by atoms with Gasteiger partial charge in [0, 0.05) is 10.6 Å². The number of rotatable bonds is 3. The summed E-state index contributed by atoms with van der Waals surface area (Å²) in [4.78, 5) is 15.5. The Morgan fingerprint density at radius 2 is 2.39 bits per heavy atom. The van der Waals surface area contributed by atoms with Crippen LogP contribution in [0.4, 0.5) is 4.39 Å². The van der Waals surface area contributed by atoms with Crippen LogP contribution in [0.3, 0.4) is 0 Å². The number of hydrogen-bond acceptors (Lipinski definition) is 4. The zero-order chi connectivity index (χ0) is 13.1. The highest BCUT2D eigenvalue weighted by Crippen LogP contribution is 2.31. The Kier molecular flexibility index (Phi) is 3.81. The van der Waals surface area contributed by atoms with Crippen molar-refractivity contribution in [3.8, 4) is 0 Å². The van der Waals surface area contributed by atoms with Crippen LogP contribution in [0, 0.1) is 5.82 Å². The minimum atomic E-state index is -0.891. The zero-order valence-electron chi connectivity index (χ0n) is 9.60. The molecule has 2 unspecified atom stereocenters. The van der Waals surface area contributed by atoms with E-state index in [1.165, 1.54) is 18.2 Å². The highest BCUT2D eigenvalue weighted by atomic mass is 35.5. The van der Waals surface area contributed by atoms with Gasteiger partial charge in [-0.3, -0.25) is 0 Å². The fourth-order valence-corrected chi connectivity index (χ4v) is 1.89. The summed E-state index contributed by atoms with van der Waals surface area (Å²) in [6, 6.07) is 3.18. The van der Waals surface area contributed by atoms with Gasteiger partial charge in [0.05, 0.1) is 6.61 Å². The van der Waals surface area contributed by atoms with E-state index in [2.05, 4.69) is 4.99 Å². The molecule has 2 atom stereocenters. The molecule has 0 aliphatic carbocycles. The SMILES string of the molecule is CCOC(=O)C1N=COC1c1cc(Cl)ccc1F. The lowest BCUT2D eigenvalue weighted by atomic mass is 10.0. The van der Waals surface area contributed by atoms with Gasteiger partial charge in [0.25, 0.3) is 0 Å². The second-order valence-electron chi connectivity index (χ2n) is 3.67. The van der Waals surface area contributed by atoms with Gasteiger partial charge in [-0.1, -0.05) is 11.6 Å². The van der Waals surface area contributed by atoms with Crippen LogP contribution in [0.1, 0.15) is 18.6 Å². The molecule has 0 amide bonds. The van der Waals surface area contributed by atoms with Crippen LogP contribution < -0.4 is 0 Å². The fourth-order valence-electron chi connectivity index (χ4n) is 1.71. The first kappa shape index (κ1) is 12.8. The van der Waals surface area contributed by atoms with E-state index in [1.807, 2.05) is 0 Å². The topological polar surface area (TPSA) is 47.9 Å². The number of esters is 1. The van der Waals surface area contributed by atoms with Crippen molar-refractivity contribution >= 4 is 24.0 Å². The van der Waals surface area contributed by atoms with Crippen molar-refractivity contribution in [1.29, 1.82) is 0 Å². The number of nitrogens with zero attached hydrogens (tertiary/aromatic N) is 1. The second-order valence-corrected chi connectivity index (χ2v) is 4.11. The molecule has 1 aliphatic heterocycles. The minimum Gasteiger partial charge on any atom is -0.473 e. The summed E-state index contributed by atoms with van der Waals surface area (Å²) in [5.74, 6) is -1.04. The fraction of sp³-hybridized carbons (Fsp3) is 0.333. The molecule has 0 saturated carbocycles. The largest absolute Gasteiger partial charge is 0.473 e. The number of benzene rings is 1. The summed E-state index contributed by atoms with van der Waals surface area (Å²) >= 11 is 5.80. The summed E-state index contributed by atoms with van der Waals surface area (Å²) in [5, 5.41) is 0.365.